The van der Waals surface area contributed by atoms with Crippen LogP contribution in [0.15, 0.2) is 406 Å². The zero-order valence-electron chi connectivity index (χ0n) is 65.7. The Morgan fingerprint density at radius 1 is 0.187 bits per heavy atom. The lowest BCUT2D eigenvalue weighted by atomic mass is 9.91. The number of nitrogens with zero attached hydrogens (tertiary/aromatic N) is 6. The van der Waals surface area contributed by atoms with Gasteiger partial charge in [-0.2, -0.15) is 0 Å². The summed E-state index contributed by atoms with van der Waals surface area (Å²) in [4.78, 5) is 31.4. The van der Waals surface area contributed by atoms with Crippen molar-refractivity contribution >= 4 is 163 Å². The fraction of sp³-hybridized carbons (Fsp3) is 0. The van der Waals surface area contributed by atoms with E-state index in [2.05, 4.69) is 285 Å². The first-order valence-corrected chi connectivity index (χ1v) is 42.0. The Hall–Kier alpha value is -16.3. The fourth-order valence-corrected chi connectivity index (χ4v) is 19.6. The van der Waals surface area contributed by atoms with Gasteiger partial charge < -0.3 is 17.7 Å². The van der Waals surface area contributed by atoms with Gasteiger partial charge in [-0.1, -0.05) is 267 Å². The monoisotopic (exact) mass is 1590 g/mol. The maximum Gasteiger partial charge on any atom is 0.160 e. The van der Waals surface area contributed by atoms with Crippen LogP contribution in [0.25, 0.3) is 264 Å². The number of hydrogen-bond acceptors (Lipinski definition) is 11. The Morgan fingerprint density at radius 2 is 0.528 bits per heavy atom. The van der Waals surface area contributed by atoms with Crippen molar-refractivity contribution in [2.75, 3.05) is 0 Å². The van der Waals surface area contributed by atoms with E-state index in [0.717, 1.165) is 216 Å². The number of aromatic nitrogens is 6. The minimum atomic E-state index is 0.623. The van der Waals surface area contributed by atoms with E-state index in [4.69, 9.17) is 47.6 Å². The number of para-hydroxylation sites is 6. The van der Waals surface area contributed by atoms with Gasteiger partial charge in [-0.25, -0.2) is 29.9 Å². The van der Waals surface area contributed by atoms with Gasteiger partial charge in [-0.15, -0.1) is 11.3 Å². The largest absolute Gasteiger partial charge is 0.456 e. The summed E-state index contributed by atoms with van der Waals surface area (Å²) in [5.74, 6) is 1.31. The van der Waals surface area contributed by atoms with Gasteiger partial charge >= 0.3 is 0 Å². The first-order valence-electron chi connectivity index (χ1n) is 41.2. The molecule has 9 aromatic heterocycles. The molecule has 0 bridgehead atoms. The lowest BCUT2D eigenvalue weighted by Crippen LogP contribution is -1.96. The maximum atomic E-state index is 6.83. The van der Waals surface area contributed by atoms with Crippen LogP contribution in [-0.2, 0) is 0 Å². The Kier molecular flexibility index (Phi) is 16.0. The van der Waals surface area contributed by atoms with Crippen LogP contribution in [0.4, 0.5) is 0 Å². The fourth-order valence-electron chi connectivity index (χ4n) is 18.3. The molecule has 11 heteroatoms. The molecule has 572 valence electrons. The SMILES string of the molecule is c1ccc(-c2nc(-c3ccc(-c4cc5c(-c6ccccc6)nc6ccccc6c5c5c4sc4ccccc45)cc3)cc(-c3ccc4oc5ccccc5c4c3)n2)cc1.c1ccc(-c2nc3ccccc3c3c2cc(-c2ccc(-c4cc(-c5ccc6oc7ccccc7c6c5)nc(-c5ccc6oc7ccccc7c6c5)n4)cc2)c2oc4ccccc4c23)cc1. The van der Waals surface area contributed by atoms with Gasteiger partial charge in [0.2, 0.25) is 0 Å². The molecule has 0 unspecified atom stereocenters. The molecule has 0 aliphatic carbocycles. The molecule has 26 aromatic rings. The molecule has 26 rings (SSSR count). The van der Waals surface area contributed by atoms with Gasteiger partial charge in [-0.05, 0) is 132 Å². The minimum absolute atomic E-state index is 0.623. The summed E-state index contributed by atoms with van der Waals surface area (Å²) in [6, 6.07) is 135. The van der Waals surface area contributed by atoms with E-state index in [1.54, 1.807) is 0 Å². The third-order valence-corrected chi connectivity index (χ3v) is 25.4. The molecule has 0 radical (unpaired) electrons. The highest BCUT2D eigenvalue weighted by atomic mass is 32.1. The van der Waals surface area contributed by atoms with Crippen molar-refractivity contribution < 1.29 is 17.7 Å². The molecule has 0 amide bonds. The standard InChI is InChI=1S/C59H33N3O3.C53H31N3OS/c1-2-12-36(13-3-1)57-46-32-43(58-56(42-17-7-11-21-52(42)65-58)55(46)41-16-4-8-18-47(41)60-57)34-22-24-35(25-23-34)48-33-49(37-26-28-53-44(30-37)39-14-5-9-19-50(39)63-53)62-59(61-48)38-27-29-54-45(31-38)40-15-6-10-20-51(40)64-54;1-3-13-34(14-4-1)51-42-30-40(52-50(39-19-9-12-22-48(39)58-52)49(42)38-18-7-10-20-43(38)54-51)32-23-25-33(26-24-32)44-31-45(56-53(55-44)35-15-5-2-6-16-35)36-27-28-47-41(29-36)37-17-8-11-21-46(37)57-47/h1-33H;1-31H. The molecular formula is C112H64N6O4S. The van der Waals surface area contributed by atoms with Gasteiger partial charge in [-0.3, -0.25) is 0 Å². The molecule has 123 heavy (non-hydrogen) atoms. The van der Waals surface area contributed by atoms with E-state index in [-0.39, 0.29) is 0 Å². The topological polar surface area (TPSA) is 130 Å². The van der Waals surface area contributed by atoms with Gasteiger partial charge in [0.1, 0.15) is 44.7 Å². The second-order valence-corrected chi connectivity index (χ2v) is 32.4. The summed E-state index contributed by atoms with van der Waals surface area (Å²) in [6.07, 6.45) is 0. The van der Waals surface area contributed by atoms with Crippen LogP contribution in [0, 0.1) is 0 Å². The van der Waals surface area contributed by atoms with Crippen LogP contribution in [-0.4, -0.2) is 29.9 Å². The van der Waals surface area contributed by atoms with Crippen LogP contribution in [0.5, 0.6) is 0 Å². The first-order chi connectivity index (χ1) is 60.9. The summed E-state index contributed by atoms with van der Waals surface area (Å²) in [7, 11) is 0. The normalized spacial score (nSPS) is 11.9. The van der Waals surface area contributed by atoms with Gasteiger partial charge in [0.05, 0.1) is 45.2 Å². The number of rotatable bonds is 10. The van der Waals surface area contributed by atoms with Crippen molar-refractivity contribution in [3.05, 3.63) is 388 Å². The Morgan fingerprint density at radius 3 is 1.02 bits per heavy atom. The van der Waals surface area contributed by atoms with E-state index in [9.17, 15) is 0 Å². The molecule has 0 N–H and O–H groups in total. The number of pyridine rings is 2. The Labute approximate surface area is 706 Å². The highest BCUT2D eigenvalue weighted by Crippen LogP contribution is 2.51. The van der Waals surface area contributed by atoms with Crippen molar-refractivity contribution in [1.29, 1.82) is 0 Å². The summed E-state index contributed by atoms with van der Waals surface area (Å²) in [5.41, 5.74) is 26.4. The zero-order chi connectivity index (χ0) is 80.7. The van der Waals surface area contributed by atoms with Crippen molar-refractivity contribution in [3.8, 4) is 113 Å². The lowest BCUT2D eigenvalue weighted by molar-refractivity contribution is 0.668. The number of hydrogen-bond donors (Lipinski definition) is 0. The van der Waals surface area contributed by atoms with Crippen molar-refractivity contribution in [2.24, 2.45) is 0 Å². The highest BCUT2D eigenvalue weighted by Gasteiger charge is 2.26. The van der Waals surface area contributed by atoms with Crippen molar-refractivity contribution in [1.82, 2.24) is 29.9 Å². The van der Waals surface area contributed by atoms with Crippen LogP contribution in [0.3, 0.4) is 0 Å². The lowest BCUT2D eigenvalue weighted by Gasteiger charge is -2.15. The highest BCUT2D eigenvalue weighted by molar-refractivity contribution is 7.26. The smallest absolute Gasteiger partial charge is 0.160 e. The molecule has 0 atom stereocenters. The maximum absolute atomic E-state index is 6.83. The van der Waals surface area contributed by atoms with Crippen LogP contribution in [0.1, 0.15) is 0 Å². The quantitative estimate of drug-likeness (QED) is 0.122. The van der Waals surface area contributed by atoms with E-state index in [0.29, 0.717) is 11.6 Å². The second-order valence-electron chi connectivity index (χ2n) is 31.4. The summed E-state index contributed by atoms with van der Waals surface area (Å²) in [5, 5.41) is 17.9. The summed E-state index contributed by atoms with van der Waals surface area (Å²) in [6.45, 7) is 0. The molecule has 0 aliphatic heterocycles. The van der Waals surface area contributed by atoms with E-state index >= 15 is 0 Å². The average Bonchev–Trinajstić information content (AvgIpc) is 1.70. The van der Waals surface area contributed by atoms with Crippen LogP contribution in [0.2, 0.25) is 0 Å². The summed E-state index contributed by atoms with van der Waals surface area (Å²) >= 11 is 1.86. The third-order valence-electron chi connectivity index (χ3n) is 24.2. The van der Waals surface area contributed by atoms with Crippen molar-refractivity contribution in [2.45, 2.75) is 0 Å². The molecule has 9 heterocycles. The number of fused-ring (bicyclic) bond motifs is 23. The van der Waals surface area contributed by atoms with E-state index in [1.165, 1.54) is 36.5 Å². The zero-order valence-corrected chi connectivity index (χ0v) is 66.5. The molecule has 0 aliphatic rings. The number of benzene rings is 17. The Bertz CT molecular complexity index is 8690. The molecule has 10 nitrogen and oxygen atoms in total. The Balaban J connectivity index is 0.000000136. The van der Waals surface area contributed by atoms with Gasteiger partial charge in [0, 0.05) is 151 Å². The molecule has 17 aromatic carbocycles. The van der Waals surface area contributed by atoms with Crippen LogP contribution >= 0.6 is 11.3 Å². The summed E-state index contributed by atoms with van der Waals surface area (Å²) < 4.78 is 27.9. The minimum Gasteiger partial charge on any atom is -0.456 e. The predicted octanol–water partition coefficient (Wildman–Crippen LogP) is 31.0. The van der Waals surface area contributed by atoms with Crippen molar-refractivity contribution in [3.63, 3.8) is 0 Å². The predicted molar refractivity (Wildman–Crippen MR) is 506 cm³/mol. The van der Waals surface area contributed by atoms with Gasteiger partial charge in [0.25, 0.3) is 0 Å². The van der Waals surface area contributed by atoms with Gasteiger partial charge in [0.15, 0.2) is 11.6 Å². The van der Waals surface area contributed by atoms with E-state index < -0.39 is 0 Å². The molecule has 0 saturated heterocycles. The van der Waals surface area contributed by atoms with Crippen LogP contribution < -0.4 is 0 Å². The third kappa shape index (κ3) is 11.7. The molecular weight excluding hydrogens is 1530 g/mol. The molecule has 0 saturated carbocycles. The van der Waals surface area contributed by atoms with E-state index in [1.807, 2.05) is 114 Å². The molecule has 0 spiro atoms. The molecule has 0 fully saturated rings. The average molecular weight is 1590 g/mol. The second kappa shape index (κ2) is 28.2. The number of furan rings is 4. The first kappa shape index (κ1) is 69.7. The number of thiophene rings is 1.